The summed E-state index contributed by atoms with van der Waals surface area (Å²) in [5, 5.41) is 2.91. The van der Waals surface area contributed by atoms with E-state index in [1.54, 1.807) is 12.1 Å². The predicted molar refractivity (Wildman–Crippen MR) is 82.7 cm³/mol. The molecule has 1 amide bonds. The molecule has 18 heavy (non-hydrogen) atoms. The van der Waals surface area contributed by atoms with Crippen LogP contribution < -0.4 is 10.1 Å². The molecule has 0 unspecified atom stereocenters. The van der Waals surface area contributed by atoms with E-state index in [-0.39, 0.29) is 12.0 Å². The fourth-order valence-corrected chi connectivity index (χ4v) is 2.02. The molecule has 1 aromatic rings. The number of unbranched alkanes of at least 4 members (excludes halogenated alkanes) is 1. The molecule has 3 nitrogen and oxygen atoms in total. The second-order valence-corrected chi connectivity index (χ2v) is 5.42. The Labute approximate surface area is 122 Å². The van der Waals surface area contributed by atoms with Crippen molar-refractivity contribution >= 4 is 28.5 Å². The highest BCUT2D eigenvalue weighted by Crippen LogP contribution is 2.13. The molecule has 1 rings (SSSR count). The lowest BCUT2D eigenvalue weighted by atomic mass is 10.2. The van der Waals surface area contributed by atoms with Crippen molar-refractivity contribution in [3.8, 4) is 5.75 Å². The first-order valence-corrected chi connectivity index (χ1v) is 7.77. The summed E-state index contributed by atoms with van der Waals surface area (Å²) in [5.41, 5.74) is 0.681. The minimum atomic E-state index is -0.0143. The highest BCUT2D eigenvalue weighted by atomic mass is 127. The summed E-state index contributed by atoms with van der Waals surface area (Å²) in [6.45, 7) is 4.70. The maximum atomic E-state index is 11.8. The van der Waals surface area contributed by atoms with Crippen molar-refractivity contribution in [3.63, 3.8) is 0 Å². The summed E-state index contributed by atoms with van der Waals surface area (Å²) in [4.78, 5) is 11.8. The number of hydrogen-bond acceptors (Lipinski definition) is 2. The van der Waals surface area contributed by atoms with Crippen LogP contribution in [0.1, 0.15) is 37.0 Å². The molecule has 4 heteroatoms. The molecule has 0 fully saturated rings. The van der Waals surface area contributed by atoms with Gasteiger partial charge in [0.25, 0.3) is 5.91 Å². The number of carbonyl (C=O) groups excluding carboxylic acids is 1. The van der Waals surface area contributed by atoms with Gasteiger partial charge in [-0.2, -0.15) is 0 Å². The van der Waals surface area contributed by atoms with Gasteiger partial charge in [0.2, 0.25) is 0 Å². The molecule has 0 aliphatic heterocycles. The highest BCUT2D eigenvalue weighted by Gasteiger charge is 2.05. The molecule has 1 aromatic carbocycles. The van der Waals surface area contributed by atoms with Gasteiger partial charge in [-0.3, -0.25) is 4.79 Å². The van der Waals surface area contributed by atoms with Gasteiger partial charge in [0.05, 0.1) is 6.10 Å². The van der Waals surface area contributed by atoms with Gasteiger partial charge in [0.15, 0.2) is 0 Å². The van der Waals surface area contributed by atoms with Gasteiger partial charge in [0.1, 0.15) is 5.75 Å². The SMILES string of the molecule is CC(C)Oc1ccc(C(=O)NCCCCI)cc1. The largest absolute Gasteiger partial charge is 0.491 e. The molecule has 0 aliphatic rings. The summed E-state index contributed by atoms with van der Waals surface area (Å²) in [7, 11) is 0. The first-order chi connectivity index (χ1) is 8.63. The van der Waals surface area contributed by atoms with Crippen molar-refractivity contribution in [2.24, 2.45) is 0 Å². The Bertz CT molecular complexity index is 363. The normalized spacial score (nSPS) is 10.4. The van der Waals surface area contributed by atoms with Crippen LogP contribution in [0.25, 0.3) is 0 Å². The number of carbonyl (C=O) groups is 1. The molecule has 0 bridgehead atoms. The fraction of sp³-hybridized carbons (Fsp3) is 0.500. The second-order valence-electron chi connectivity index (χ2n) is 4.34. The summed E-state index contributed by atoms with van der Waals surface area (Å²) in [6, 6.07) is 7.26. The Balaban J connectivity index is 2.43. The van der Waals surface area contributed by atoms with Crippen molar-refractivity contribution in [2.75, 3.05) is 11.0 Å². The van der Waals surface area contributed by atoms with E-state index < -0.39 is 0 Å². The summed E-state index contributed by atoms with van der Waals surface area (Å²) in [6.07, 6.45) is 2.32. The quantitative estimate of drug-likeness (QED) is 0.459. The second kappa shape index (κ2) is 8.34. The molecule has 0 saturated carbocycles. The number of halogens is 1. The Hall–Kier alpha value is -0.780. The zero-order valence-corrected chi connectivity index (χ0v) is 13.1. The molecule has 0 heterocycles. The molecule has 1 N–H and O–H groups in total. The highest BCUT2D eigenvalue weighted by molar-refractivity contribution is 14.1. The van der Waals surface area contributed by atoms with Crippen molar-refractivity contribution in [2.45, 2.75) is 32.8 Å². The van der Waals surface area contributed by atoms with E-state index in [9.17, 15) is 4.79 Å². The molecule has 0 aromatic heterocycles. The van der Waals surface area contributed by atoms with Crippen LogP contribution in [0.5, 0.6) is 5.75 Å². The van der Waals surface area contributed by atoms with E-state index >= 15 is 0 Å². The first-order valence-electron chi connectivity index (χ1n) is 6.24. The van der Waals surface area contributed by atoms with Crippen LogP contribution in [-0.2, 0) is 0 Å². The molecule has 100 valence electrons. The Morgan fingerprint density at radius 3 is 2.50 bits per heavy atom. The minimum absolute atomic E-state index is 0.0143. The van der Waals surface area contributed by atoms with E-state index in [1.165, 1.54) is 0 Å². The monoisotopic (exact) mass is 361 g/mol. The molecule has 0 atom stereocenters. The van der Waals surface area contributed by atoms with Crippen molar-refractivity contribution in [1.82, 2.24) is 5.32 Å². The lowest BCUT2D eigenvalue weighted by molar-refractivity contribution is 0.0953. The van der Waals surface area contributed by atoms with Crippen LogP contribution >= 0.6 is 22.6 Å². The summed E-state index contributed by atoms with van der Waals surface area (Å²) in [5.74, 6) is 0.783. The maximum Gasteiger partial charge on any atom is 0.251 e. The topological polar surface area (TPSA) is 38.3 Å². The molecule has 0 saturated heterocycles. The molecule has 0 radical (unpaired) electrons. The van der Waals surface area contributed by atoms with Gasteiger partial charge in [0, 0.05) is 12.1 Å². The van der Waals surface area contributed by atoms with Crippen LogP contribution in [0.15, 0.2) is 24.3 Å². The van der Waals surface area contributed by atoms with Gasteiger partial charge in [-0.1, -0.05) is 22.6 Å². The van der Waals surface area contributed by atoms with E-state index in [0.717, 1.165) is 29.6 Å². The number of rotatable bonds is 7. The van der Waals surface area contributed by atoms with Crippen LogP contribution in [0.2, 0.25) is 0 Å². The Kier molecular flexibility index (Phi) is 7.08. The number of ether oxygens (including phenoxy) is 1. The standard InChI is InChI=1S/C14H20INO2/c1-11(2)18-13-7-5-12(6-8-13)14(17)16-10-4-3-9-15/h5-8,11H,3-4,9-10H2,1-2H3,(H,16,17). The molecule has 0 aliphatic carbocycles. The van der Waals surface area contributed by atoms with Crippen molar-refractivity contribution < 1.29 is 9.53 Å². The smallest absolute Gasteiger partial charge is 0.251 e. The third kappa shape index (κ3) is 5.71. The summed E-state index contributed by atoms with van der Waals surface area (Å²) >= 11 is 2.34. The van der Waals surface area contributed by atoms with E-state index in [2.05, 4.69) is 27.9 Å². The molecular formula is C14H20INO2. The maximum absolute atomic E-state index is 11.8. The van der Waals surface area contributed by atoms with Gasteiger partial charge in [-0.25, -0.2) is 0 Å². The van der Waals surface area contributed by atoms with E-state index in [4.69, 9.17) is 4.74 Å². The lowest BCUT2D eigenvalue weighted by Gasteiger charge is -2.10. The first kappa shape index (κ1) is 15.3. The third-order valence-electron chi connectivity index (χ3n) is 2.33. The number of hydrogen-bond donors (Lipinski definition) is 1. The van der Waals surface area contributed by atoms with Gasteiger partial charge in [-0.15, -0.1) is 0 Å². The molecular weight excluding hydrogens is 341 g/mol. The van der Waals surface area contributed by atoms with E-state index in [0.29, 0.717) is 5.56 Å². The van der Waals surface area contributed by atoms with Crippen LogP contribution in [0.4, 0.5) is 0 Å². The number of benzene rings is 1. The number of nitrogens with one attached hydrogen (secondary N) is 1. The van der Waals surface area contributed by atoms with Gasteiger partial charge >= 0.3 is 0 Å². The zero-order chi connectivity index (χ0) is 13.4. The number of alkyl halides is 1. The summed E-state index contributed by atoms with van der Waals surface area (Å²) < 4.78 is 6.66. The third-order valence-corrected chi connectivity index (χ3v) is 3.10. The Morgan fingerprint density at radius 1 is 1.28 bits per heavy atom. The van der Waals surface area contributed by atoms with Crippen LogP contribution in [-0.4, -0.2) is 23.0 Å². The van der Waals surface area contributed by atoms with Crippen LogP contribution in [0.3, 0.4) is 0 Å². The van der Waals surface area contributed by atoms with Gasteiger partial charge < -0.3 is 10.1 Å². The van der Waals surface area contributed by atoms with Crippen LogP contribution in [0, 0.1) is 0 Å². The Morgan fingerprint density at radius 2 is 1.94 bits per heavy atom. The average molecular weight is 361 g/mol. The minimum Gasteiger partial charge on any atom is -0.491 e. The van der Waals surface area contributed by atoms with E-state index in [1.807, 2.05) is 26.0 Å². The van der Waals surface area contributed by atoms with Crippen molar-refractivity contribution in [3.05, 3.63) is 29.8 Å². The zero-order valence-electron chi connectivity index (χ0n) is 10.9. The molecule has 0 spiro atoms. The van der Waals surface area contributed by atoms with Crippen molar-refractivity contribution in [1.29, 1.82) is 0 Å². The fourth-order valence-electron chi connectivity index (χ4n) is 1.48. The average Bonchev–Trinajstić information content (AvgIpc) is 2.34. The predicted octanol–water partition coefficient (Wildman–Crippen LogP) is 3.42. The van der Waals surface area contributed by atoms with Gasteiger partial charge in [-0.05, 0) is 55.4 Å². The lowest BCUT2D eigenvalue weighted by Crippen LogP contribution is -2.24. The number of amides is 1.